The molecule has 0 saturated heterocycles. The van der Waals surface area contributed by atoms with Crippen molar-refractivity contribution in [1.29, 1.82) is 0 Å². The van der Waals surface area contributed by atoms with Crippen molar-refractivity contribution in [1.82, 2.24) is 9.97 Å². The van der Waals surface area contributed by atoms with E-state index >= 15 is 0 Å². The number of aliphatic hydroxyl groups is 1. The number of hydrogen-bond acceptors (Lipinski definition) is 6. The van der Waals surface area contributed by atoms with Crippen LogP contribution in [0.5, 0.6) is 5.88 Å². The highest BCUT2D eigenvalue weighted by Crippen LogP contribution is 2.26. The van der Waals surface area contributed by atoms with Crippen molar-refractivity contribution in [3.63, 3.8) is 0 Å². The number of aryl methyl sites for hydroxylation is 2. The SMILES string of the molecule is Cc1oc(-c2ccccc2)nc1CC[C@@H](O)c1ccc(Cc2sc(=O)[nH]c2O)cc1. The summed E-state index contributed by atoms with van der Waals surface area (Å²) in [5.74, 6) is 1.28. The molecule has 0 saturated carbocycles. The second-order valence-corrected chi connectivity index (χ2v) is 8.21. The molecule has 4 rings (SSSR count). The summed E-state index contributed by atoms with van der Waals surface area (Å²) < 4.78 is 5.79. The van der Waals surface area contributed by atoms with Crippen molar-refractivity contribution >= 4 is 11.3 Å². The molecule has 0 unspecified atom stereocenters. The molecule has 0 fully saturated rings. The number of nitrogens with one attached hydrogen (secondary N) is 1. The summed E-state index contributed by atoms with van der Waals surface area (Å²) in [6, 6.07) is 17.3. The summed E-state index contributed by atoms with van der Waals surface area (Å²) in [6.45, 7) is 1.89. The number of H-pyrrole nitrogens is 1. The van der Waals surface area contributed by atoms with Crippen LogP contribution in [0.3, 0.4) is 0 Å². The number of rotatable bonds is 7. The first kappa shape index (κ1) is 20.1. The molecule has 30 heavy (non-hydrogen) atoms. The molecule has 7 heteroatoms. The fourth-order valence-electron chi connectivity index (χ4n) is 3.32. The molecule has 0 bridgehead atoms. The van der Waals surface area contributed by atoms with Crippen molar-refractivity contribution in [2.24, 2.45) is 0 Å². The minimum atomic E-state index is -0.618. The van der Waals surface area contributed by atoms with Gasteiger partial charge in [-0.2, -0.15) is 0 Å². The van der Waals surface area contributed by atoms with Gasteiger partial charge in [0.25, 0.3) is 0 Å². The maximum absolute atomic E-state index is 11.3. The number of thiazole rings is 1. The van der Waals surface area contributed by atoms with Gasteiger partial charge in [-0.3, -0.25) is 9.78 Å². The van der Waals surface area contributed by atoms with Crippen molar-refractivity contribution in [2.45, 2.75) is 32.3 Å². The molecular weight excluding hydrogens is 400 g/mol. The molecule has 0 aliphatic carbocycles. The lowest BCUT2D eigenvalue weighted by atomic mass is 10.0. The van der Waals surface area contributed by atoms with E-state index in [1.807, 2.05) is 61.5 Å². The third-order valence-corrected chi connectivity index (χ3v) is 5.87. The quantitative estimate of drug-likeness (QED) is 0.411. The topological polar surface area (TPSA) is 99.4 Å². The van der Waals surface area contributed by atoms with Crippen LogP contribution in [0.4, 0.5) is 0 Å². The molecule has 0 spiro atoms. The monoisotopic (exact) mass is 422 g/mol. The third-order valence-electron chi connectivity index (χ3n) is 5.00. The summed E-state index contributed by atoms with van der Waals surface area (Å²) in [7, 11) is 0. The number of aromatic amines is 1. The number of aromatic nitrogens is 2. The number of aromatic hydroxyl groups is 1. The Bertz CT molecular complexity index is 1180. The van der Waals surface area contributed by atoms with Gasteiger partial charge in [0.05, 0.1) is 16.7 Å². The molecular formula is C23H22N2O4S. The molecule has 4 aromatic rings. The Morgan fingerprint density at radius 1 is 1.13 bits per heavy atom. The Hall–Kier alpha value is -3.16. The van der Waals surface area contributed by atoms with E-state index < -0.39 is 6.10 Å². The molecule has 2 heterocycles. The molecule has 1 atom stereocenters. The Kier molecular flexibility index (Phi) is 5.83. The second kappa shape index (κ2) is 8.69. The predicted molar refractivity (Wildman–Crippen MR) is 116 cm³/mol. The van der Waals surface area contributed by atoms with Gasteiger partial charge < -0.3 is 14.6 Å². The van der Waals surface area contributed by atoms with Crippen molar-refractivity contribution < 1.29 is 14.6 Å². The zero-order valence-electron chi connectivity index (χ0n) is 16.5. The van der Waals surface area contributed by atoms with Crippen LogP contribution in [0.1, 0.15) is 40.0 Å². The van der Waals surface area contributed by atoms with E-state index in [9.17, 15) is 15.0 Å². The zero-order valence-corrected chi connectivity index (χ0v) is 17.3. The number of benzene rings is 2. The maximum atomic E-state index is 11.3. The van der Waals surface area contributed by atoms with Crippen LogP contribution < -0.4 is 4.87 Å². The standard InChI is InChI=1S/C23H22N2O4S/c1-14-18(24-22(29-14)17-5-3-2-4-6-17)11-12-19(26)16-9-7-15(8-10-16)13-20-21(27)25-23(28)30-20/h2-10,19,26-27H,11-13H2,1H3,(H,25,28)/t19-/m1/s1. The summed E-state index contributed by atoms with van der Waals surface area (Å²) in [5.41, 5.74) is 3.55. The summed E-state index contributed by atoms with van der Waals surface area (Å²) >= 11 is 1.00. The first-order valence-corrected chi connectivity index (χ1v) is 10.5. The van der Waals surface area contributed by atoms with E-state index in [1.165, 1.54) is 0 Å². The highest BCUT2D eigenvalue weighted by molar-refractivity contribution is 7.09. The van der Waals surface area contributed by atoms with Crippen LogP contribution >= 0.6 is 11.3 Å². The Balaban J connectivity index is 1.38. The second-order valence-electron chi connectivity index (χ2n) is 7.15. The van der Waals surface area contributed by atoms with E-state index in [2.05, 4.69) is 9.97 Å². The van der Waals surface area contributed by atoms with E-state index in [0.717, 1.165) is 39.5 Å². The van der Waals surface area contributed by atoms with Crippen LogP contribution in [-0.2, 0) is 12.8 Å². The van der Waals surface area contributed by atoms with Gasteiger partial charge in [0.1, 0.15) is 5.76 Å². The molecule has 2 aromatic carbocycles. The number of oxazole rings is 1. The van der Waals surface area contributed by atoms with Gasteiger partial charge in [0.15, 0.2) is 0 Å². The van der Waals surface area contributed by atoms with Crippen LogP contribution in [0, 0.1) is 6.92 Å². The van der Waals surface area contributed by atoms with E-state index in [-0.39, 0.29) is 10.8 Å². The first-order valence-electron chi connectivity index (χ1n) is 9.69. The lowest BCUT2D eigenvalue weighted by Gasteiger charge is -2.11. The third kappa shape index (κ3) is 4.53. The van der Waals surface area contributed by atoms with E-state index in [1.54, 1.807) is 0 Å². The van der Waals surface area contributed by atoms with Gasteiger partial charge in [-0.15, -0.1) is 0 Å². The number of hydrogen-bond donors (Lipinski definition) is 3. The largest absolute Gasteiger partial charge is 0.494 e. The number of nitrogens with zero attached hydrogens (tertiary/aromatic N) is 1. The van der Waals surface area contributed by atoms with Gasteiger partial charge in [-0.25, -0.2) is 4.98 Å². The fourth-order valence-corrected chi connectivity index (χ4v) is 4.08. The molecule has 0 amide bonds. The van der Waals surface area contributed by atoms with Crippen LogP contribution in [-0.4, -0.2) is 20.2 Å². The zero-order chi connectivity index (χ0) is 21.1. The highest BCUT2D eigenvalue weighted by Gasteiger charge is 2.15. The van der Waals surface area contributed by atoms with Crippen LogP contribution in [0.2, 0.25) is 0 Å². The summed E-state index contributed by atoms with van der Waals surface area (Å²) in [5, 5.41) is 20.3. The van der Waals surface area contributed by atoms with Gasteiger partial charge in [0.2, 0.25) is 11.8 Å². The molecule has 0 radical (unpaired) electrons. The Morgan fingerprint density at radius 2 is 1.87 bits per heavy atom. The Labute approximate surface area is 177 Å². The highest BCUT2D eigenvalue weighted by atomic mass is 32.1. The number of aliphatic hydroxyl groups excluding tert-OH is 1. The molecule has 154 valence electrons. The van der Waals surface area contributed by atoms with Crippen LogP contribution in [0.15, 0.2) is 63.8 Å². The smallest absolute Gasteiger partial charge is 0.307 e. The van der Waals surface area contributed by atoms with Crippen molar-refractivity contribution in [3.8, 4) is 17.3 Å². The molecule has 2 aromatic heterocycles. The normalized spacial score (nSPS) is 12.2. The predicted octanol–water partition coefficient (Wildman–Crippen LogP) is 4.36. The van der Waals surface area contributed by atoms with Gasteiger partial charge in [-0.1, -0.05) is 53.8 Å². The molecule has 0 aliphatic rings. The summed E-state index contributed by atoms with van der Waals surface area (Å²) in [6.07, 6.45) is 0.982. The van der Waals surface area contributed by atoms with Gasteiger partial charge >= 0.3 is 4.87 Å². The maximum Gasteiger partial charge on any atom is 0.307 e. The van der Waals surface area contributed by atoms with Crippen LogP contribution in [0.25, 0.3) is 11.5 Å². The molecule has 0 aliphatic heterocycles. The molecule has 6 nitrogen and oxygen atoms in total. The van der Waals surface area contributed by atoms with Gasteiger partial charge in [0, 0.05) is 12.0 Å². The average molecular weight is 423 g/mol. The minimum Gasteiger partial charge on any atom is -0.494 e. The lowest BCUT2D eigenvalue weighted by Crippen LogP contribution is -2.01. The average Bonchev–Trinajstić information content (AvgIpc) is 3.28. The van der Waals surface area contributed by atoms with E-state index in [0.29, 0.717) is 30.0 Å². The minimum absolute atomic E-state index is 0.0769. The van der Waals surface area contributed by atoms with E-state index in [4.69, 9.17) is 4.42 Å². The van der Waals surface area contributed by atoms with Crippen molar-refractivity contribution in [3.05, 3.63) is 91.7 Å². The fraction of sp³-hybridized carbons (Fsp3) is 0.217. The first-order chi connectivity index (χ1) is 14.5. The summed E-state index contributed by atoms with van der Waals surface area (Å²) in [4.78, 5) is 18.6. The Morgan fingerprint density at radius 3 is 2.53 bits per heavy atom. The van der Waals surface area contributed by atoms with Crippen molar-refractivity contribution in [2.75, 3.05) is 0 Å². The molecule has 3 N–H and O–H groups in total. The van der Waals surface area contributed by atoms with Gasteiger partial charge in [-0.05, 0) is 43.0 Å². The lowest BCUT2D eigenvalue weighted by molar-refractivity contribution is 0.167.